The van der Waals surface area contributed by atoms with E-state index >= 15 is 0 Å². The average molecular weight is 418 g/mol. The second-order valence-corrected chi connectivity index (χ2v) is 6.81. The van der Waals surface area contributed by atoms with Gasteiger partial charge in [0, 0.05) is 6.42 Å². The summed E-state index contributed by atoms with van der Waals surface area (Å²) in [7, 11) is 0. The number of ether oxygens (including phenoxy) is 3. The molecule has 2 heterocycles. The summed E-state index contributed by atoms with van der Waals surface area (Å²) in [6, 6.07) is 9.11. The minimum absolute atomic E-state index is 0.0284. The fraction of sp³-hybridized carbons (Fsp3) is 0.250. The third kappa shape index (κ3) is 4.17. The molecule has 9 heteroatoms. The monoisotopic (exact) mass is 417 g/mol. The number of hydrogen-bond acceptors (Lipinski definition) is 6. The first kappa shape index (κ1) is 19.2. The third-order valence-electron chi connectivity index (χ3n) is 4.25. The number of carbonyl (C=O) groups excluding carboxylic acids is 1. The summed E-state index contributed by atoms with van der Waals surface area (Å²) in [4.78, 5) is 16.5. The van der Waals surface area contributed by atoms with Crippen LogP contribution in [0.4, 0.5) is 4.39 Å². The summed E-state index contributed by atoms with van der Waals surface area (Å²) in [5, 5.41) is 4.55. The smallest absolute Gasteiger partial charge is 0.378 e. The van der Waals surface area contributed by atoms with E-state index in [-0.39, 0.29) is 18.2 Å². The van der Waals surface area contributed by atoms with Crippen molar-refractivity contribution in [3.05, 3.63) is 64.5 Å². The van der Waals surface area contributed by atoms with E-state index in [0.717, 1.165) is 6.42 Å². The van der Waals surface area contributed by atoms with Crippen LogP contribution in [-0.4, -0.2) is 33.9 Å². The Hall–Kier alpha value is -3.13. The lowest BCUT2D eigenvalue weighted by molar-refractivity contribution is 0.0458. The normalized spacial score (nSPS) is 13.1. The van der Waals surface area contributed by atoms with Gasteiger partial charge in [0.15, 0.2) is 11.5 Å². The SMILES string of the molecule is Cc1nc(C(=O)OCc2cc(Cl)c3c(c2)OCCCO3)nn1-c1ccc(F)cc1. The number of nitrogens with zero attached hydrogens (tertiary/aromatic N) is 3. The number of esters is 1. The van der Waals surface area contributed by atoms with E-state index in [2.05, 4.69) is 10.1 Å². The minimum atomic E-state index is -0.683. The number of aromatic nitrogens is 3. The fourth-order valence-corrected chi connectivity index (χ4v) is 3.17. The molecule has 0 aliphatic carbocycles. The molecule has 1 aromatic heterocycles. The average Bonchev–Trinajstić information content (AvgIpc) is 2.93. The zero-order chi connectivity index (χ0) is 20.4. The van der Waals surface area contributed by atoms with Crippen LogP contribution >= 0.6 is 11.6 Å². The van der Waals surface area contributed by atoms with Crippen LogP contribution in [0.25, 0.3) is 5.69 Å². The molecule has 1 aliphatic heterocycles. The van der Waals surface area contributed by atoms with E-state index in [1.165, 1.54) is 16.8 Å². The Bertz CT molecular complexity index is 1050. The highest BCUT2D eigenvalue weighted by atomic mass is 35.5. The van der Waals surface area contributed by atoms with Gasteiger partial charge in [0.2, 0.25) is 0 Å². The van der Waals surface area contributed by atoms with Gasteiger partial charge >= 0.3 is 5.97 Å². The van der Waals surface area contributed by atoms with Gasteiger partial charge in [0.05, 0.1) is 23.9 Å². The van der Waals surface area contributed by atoms with Gasteiger partial charge in [-0.05, 0) is 48.9 Å². The summed E-state index contributed by atoms with van der Waals surface area (Å²) in [5.74, 6) is 0.358. The van der Waals surface area contributed by atoms with Crippen molar-refractivity contribution in [2.45, 2.75) is 20.0 Å². The predicted octanol–water partition coefficient (Wildman–Crippen LogP) is 3.89. The minimum Gasteiger partial charge on any atom is -0.489 e. The van der Waals surface area contributed by atoms with Gasteiger partial charge in [-0.2, -0.15) is 0 Å². The van der Waals surface area contributed by atoms with Crippen LogP contribution in [0.1, 0.15) is 28.4 Å². The lowest BCUT2D eigenvalue weighted by Gasteiger charge is -2.11. The van der Waals surface area contributed by atoms with Crippen molar-refractivity contribution in [2.24, 2.45) is 0 Å². The van der Waals surface area contributed by atoms with Crippen LogP contribution in [0.3, 0.4) is 0 Å². The number of halogens is 2. The maximum atomic E-state index is 13.1. The number of benzene rings is 2. The van der Waals surface area contributed by atoms with Crippen molar-refractivity contribution < 1.29 is 23.4 Å². The molecular formula is C20H17ClFN3O4. The number of aryl methyl sites for hydroxylation is 1. The van der Waals surface area contributed by atoms with Gasteiger partial charge in [-0.25, -0.2) is 18.9 Å². The molecule has 0 radical (unpaired) electrons. The topological polar surface area (TPSA) is 75.5 Å². The largest absolute Gasteiger partial charge is 0.489 e. The maximum absolute atomic E-state index is 13.1. The molecular weight excluding hydrogens is 401 g/mol. The van der Waals surface area contributed by atoms with Crippen LogP contribution < -0.4 is 9.47 Å². The molecule has 7 nitrogen and oxygen atoms in total. The molecule has 0 amide bonds. The van der Waals surface area contributed by atoms with Crippen molar-refractivity contribution >= 4 is 17.6 Å². The molecule has 0 saturated heterocycles. The lowest BCUT2D eigenvalue weighted by atomic mass is 10.2. The van der Waals surface area contributed by atoms with E-state index in [4.69, 9.17) is 25.8 Å². The first-order valence-corrected chi connectivity index (χ1v) is 9.34. The Balaban J connectivity index is 1.48. The van der Waals surface area contributed by atoms with Gasteiger partial charge in [-0.15, -0.1) is 5.10 Å². The molecule has 150 valence electrons. The number of hydrogen-bond donors (Lipinski definition) is 0. The molecule has 2 aromatic carbocycles. The van der Waals surface area contributed by atoms with Gasteiger partial charge in [-0.1, -0.05) is 11.6 Å². The summed E-state index contributed by atoms with van der Waals surface area (Å²) in [5.41, 5.74) is 1.24. The van der Waals surface area contributed by atoms with E-state index in [1.54, 1.807) is 31.2 Å². The highest BCUT2D eigenvalue weighted by molar-refractivity contribution is 6.32. The van der Waals surface area contributed by atoms with E-state index in [1.807, 2.05) is 0 Å². The van der Waals surface area contributed by atoms with Gasteiger partial charge in [0.25, 0.3) is 5.82 Å². The molecule has 0 bridgehead atoms. The van der Waals surface area contributed by atoms with Crippen molar-refractivity contribution in [1.82, 2.24) is 14.8 Å². The van der Waals surface area contributed by atoms with Crippen LogP contribution in [0.2, 0.25) is 5.02 Å². The molecule has 29 heavy (non-hydrogen) atoms. The van der Waals surface area contributed by atoms with Gasteiger partial charge in [0.1, 0.15) is 18.2 Å². The van der Waals surface area contributed by atoms with Crippen LogP contribution in [0.5, 0.6) is 11.5 Å². The Labute approximate surface area is 171 Å². The zero-order valence-electron chi connectivity index (χ0n) is 15.5. The van der Waals surface area contributed by atoms with Gasteiger partial charge in [-0.3, -0.25) is 0 Å². The van der Waals surface area contributed by atoms with E-state index in [9.17, 15) is 9.18 Å². The van der Waals surface area contributed by atoms with Crippen LogP contribution in [-0.2, 0) is 11.3 Å². The third-order valence-corrected chi connectivity index (χ3v) is 4.54. The Morgan fingerprint density at radius 1 is 1.24 bits per heavy atom. The fourth-order valence-electron chi connectivity index (χ4n) is 2.88. The van der Waals surface area contributed by atoms with Crippen molar-refractivity contribution in [3.63, 3.8) is 0 Å². The van der Waals surface area contributed by atoms with Gasteiger partial charge < -0.3 is 14.2 Å². The molecule has 0 atom stereocenters. The molecule has 0 saturated carbocycles. The second kappa shape index (κ2) is 8.08. The quantitative estimate of drug-likeness (QED) is 0.599. The Morgan fingerprint density at radius 3 is 2.79 bits per heavy atom. The maximum Gasteiger partial charge on any atom is 0.378 e. The summed E-state index contributed by atoms with van der Waals surface area (Å²) >= 11 is 6.26. The first-order valence-electron chi connectivity index (χ1n) is 8.96. The van der Waals surface area contributed by atoms with E-state index in [0.29, 0.717) is 46.8 Å². The molecule has 3 aromatic rings. The molecule has 0 spiro atoms. The summed E-state index contributed by atoms with van der Waals surface area (Å²) in [6.45, 7) is 2.72. The highest BCUT2D eigenvalue weighted by Gasteiger charge is 2.19. The summed E-state index contributed by atoms with van der Waals surface area (Å²) in [6.07, 6.45) is 0.761. The van der Waals surface area contributed by atoms with Crippen molar-refractivity contribution in [3.8, 4) is 17.2 Å². The summed E-state index contributed by atoms with van der Waals surface area (Å²) < 4.78 is 31.1. The van der Waals surface area contributed by atoms with Crippen LogP contribution in [0.15, 0.2) is 36.4 Å². The first-order chi connectivity index (χ1) is 14.0. The number of carbonyl (C=O) groups is 1. The van der Waals surface area contributed by atoms with Crippen LogP contribution in [0, 0.1) is 12.7 Å². The molecule has 0 unspecified atom stereocenters. The zero-order valence-corrected chi connectivity index (χ0v) is 16.3. The second-order valence-electron chi connectivity index (χ2n) is 6.40. The predicted molar refractivity (Wildman–Crippen MR) is 102 cm³/mol. The molecule has 0 N–H and O–H groups in total. The van der Waals surface area contributed by atoms with E-state index < -0.39 is 5.97 Å². The lowest BCUT2D eigenvalue weighted by Crippen LogP contribution is -2.08. The Kier molecular flexibility index (Phi) is 5.35. The standard InChI is InChI=1S/C20H17ClFN3O4/c1-12-23-19(24-25(12)15-5-3-14(22)4-6-15)20(26)29-11-13-9-16(21)18-17(10-13)27-7-2-8-28-18/h3-6,9-10H,2,7-8,11H2,1H3. The molecule has 0 fully saturated rings. The van der Waals surface area contributed by atoms with Crippen molar-refractivity contribution in [2.75, 3.05) is 13.2 Å². The molecule has 1 aliphatic rings. The van der Waals surface area contributed by atoms with Crippen molar-refractivity contribution in [1.29, 1.82) is 0 Å². The Morgan fingerprint density at radius 2 is 2.00 bits per heavy atom. The number of fused-ring (bicyclic) bond motifs is 1. The highest BCUT2D eigenvalue weighted by Crippen LogP contribution is 2.38. The number of rotatable bonds is 4. The molecule has 4 rings (SSSR count).